The number of nitrogens with two attached hydrogens (primary N) is 1. The van der Waals surface area contributed by atoms with E-state index in [0.29, 0.717) is 0 Å². The Labute approximate surface area is 268 Å². The van der Waals surface area contributed by atoms with Gasteiger partial charge in [-0.2, -0.15) is 0 Å². The quantitative estimate of drug-likeness (QED) is 0.123. The second-order valence-electron chi connectivity index (χ2n) is 12.3. The number of nitrogen functional groups attached to an aromatic ring is 1. The summed E-state index contributed by atoms with van der Waals surface area (Å²) in [5, 5.41) is 1.07. The number of hydrogen-bond acceptors (Lipinski definition) is 7. The van der Waals surface area contributed by atoms with E-state index in [-0.39, 0.29) is 16.4 Å². The summed E-state index contributed by atoms with van der Waals surface area (Å²) in [6, 6.07) is 14.6. The summed E-state index contributed by atoms with van der Waals surface area (Å²) in [6.07, 6.45) is 3.16. The molecule has 11 heteroatoms. The van der Waals surface area contributed by atoms with E-state index in [1.165, 1.54) is 17.5 Å². The van der Waals surface area contributed by atoms with E-state index in [4.69, 9.17) is 26.7 Å². The summed E-state index contributed by atoms with van der Waals surface area (Å²) in [7, 11) is -1.86. The van der Waals surface area contributed by atoms with Crippen LogP contribution in [0.1, 0.15) is 77.4 Å². The smallest absolute Gasteiger partial charge is 0.193 e. The first-order valence-electron chi connectivity index (χ1n) is 14.6. The summed E-state index contributed by atoms with van der Waals surface area (Å²) >= 11 is 6.45. The van der Waals surface area contributed by atoms with Gasteiger partial charge in [0.2, 0.25) is 0 Å². The Morgan fingerprint density at radius 1 is 1.09 bits per heavy atom. The van der Waals surface area contributed by atoms with Crippen LogP contribution in [0.2, 0.25) is 23.2 Å². The molecule has 3 N–H and O–H groups in total. The number of benzene rings is 1. The first-order valence-corrected chi connectivity index (χ1v) is 19.5. The molecule has 0 bridgehead atoms. The molecular weight excluding hydrogens is 619 g/mol. The van der Waals surface area contributed by atoms with E-state index in [2.05, 4.69) is 50.4 Å². The lowest BCUT2D eigenvalue weighted by atomic mass is 9.97. The van der Waals surface area contributed by atoms with Gasteiger partial charge in [0.15, 0.2) is 20.0 Å². The molecule has 0 saturated heterocycles. The maximum absolute atomic E-state index is 15.5. The summed E-state index contributed by atoms with van der Waals surface area (Å²) in [5.41, 5.74) is 8.34. The number of nitrogens with zero attached hydrogens (tertiary/aromatic N) is 2. The molecule has 0 saturated carbocycles. The van der Waals surface area contributed by atoms with Crippen molar-refractivity contribution in [3.8, 4) is 11.3 Å². The molecule has 232 valence electrons. The van der Waals surface area contributed by atoms with Crippen molar-refractivity contribution in [2.75, 3.05) is 5.73 Å². The first-order chi connectivity index (χ1) is 20.2. The van der Waals surface area contributed by atoms with Crippen molar-refractivity contribution in [3.05, 3.63) is 75.6 Å². The maximum Gasteiger partial charge on any atom is 0.193 e. The number of aromatic nitrogens is 2. The Bertz CT molecular complexity index is 1580. The van der Waals surface area contributed by atoms with Crippen molar-refractivity contribution < 1.29 is 13.4 Å². The van der Waals surface area contributed by atoms with Gasteiger partial charge >= 0.3 is 0 Å². The Hall–Kier alpha value is -2.05. The number of fused-ring (bicyclic) bond motifs is 1. The van der Waals surface area contributed by atoms with E-state index >= 15 is 4.39 Å². The third-order valence-electron chi connectivity index (χ3n) is 8.09. The molecule has 4 rings (SSSR count). The van der Waals surface area contributed by atoms with Gasteiger partial charge in [-0.05, 0) is 81.9 Å². The van der Waals surface area contributed by atoms with Crippen molar-refractivity contribution in [1.29, 1.82) is 0 Å². The molecule has 6 nitrogen and oxygen atoms in total. The van der Waals surface area contributed by atoms with Crippen LogP contribution in [0.5, 0.6) is 0 Å². The third kappa shape index (κ3) is 7.11. The van der Waals surface area contributed by atoms with Crippen LogP contribution >= 0.6 is 22.9 Å². The fourth-order valence-electron chi connectivity index (χ4n) is 5.25. The van der Waals surface area contributed by atoms with Gasteiger partial charge in [-0.3, -0.25) is 4.98 Å². The van der Waals surface area contributed by atoms with Crippen molar-refractivity contribution >= 4 is 58.5 Å². The Balaban J connectivity index is 1.83. The van der Waals surface area contributed by atoms with E-state index < -0.39 is 41.9 Å². The average Bonchev–Trinajstić information content (AvgIpc) is 3.41. The maximum atomic E-state index is 15.5. The molecule has 0 fully saturated rings. The number of thiophene rings is 1. The van der Waals surface area contributed by atoms with Gasteiger partial charge in [-0.25, -0.2) is 9.37 Å². The van der Waals surface area contributed by atoms with Crippen LogP contribution in [0.3, 0.4) is 0 Å². The topological polar surface area (TPSA) is 96.1 Å². The molecule has 0 aliphatic heterocycles. The number of halogens is 2. The highest BCUT2D eigenvalue weighted by atomic mass is 35.5. The Kier molecular flexibility index (Phi) is 10.3. The number of anilines is 1. The fraction of sp³-hybridized carbons (Fsp3) is 0.438. The van der Waals surface area contributed by atoms with Gasteiger partial charge < -0.3 is 14.7 Å². The number of hydrogen-bond donors (Lipinski definition) is 2. The molecule has 3 aromatic heterocycles. The molecule has 0 aliphatic rings. The average molecular weight is 661 g/mol. The molecule has 1 aromatic carbocycles. The van der Waals surface area contributed by atoms with Gasteiger partial charge in [-0.1, -0.05) is 50.6 Å². The zero-order chi connectivity index (χ0) is 31.7. The van der Waals surface area contributed by atoms with E-state index in [0.717, 1.165) is 49.9 Å². The summed E-state index contributed by atoms with van der Waals surface area (Å²) in [4.78, 5) is 9.36. The molecule has 0 aliphatic carbocycles. The van der Waals surface area contributed by atoms with Gasteiger partial charge in [0, 0.05) is 44.5 Å². The predicted molar refractivity (Wildman–Crippen MR) is 183 cm³/mol. The number of pyridine rings is 2. The van der Waals surface area contributed by atoms with Crippen molar-refractivity contribution in [3.63, 3.8) is 0 Å². The molecular formula is C32H42ClFN4O2S2Si. The zero-order valence-corrected chi connectivity index (χ0v) is 29.6. The highest BCUT2D eigenvalue weighted by Crippen LogP contribution is 2.42. The first kappa shape index (κ1) is 33.8. The molecule has 0 radical (unpaired) electrons. The minimum atomic E-state index is -1.86. The summed E-state index contributed by atoms with van der Waals surface area (Å²) in [5.74, 6) is -0.988. The highest BCUT2D eigenvalue weighted by Gasteiger charge is 2.37. The largest absolute Gasteiger partial charge is 0.598 e. The van der Waals surface area contributed by atoms with E-state index in [1.807, 2.05) is 57.3 Å². The molecule has 1 unspecified atom stereocenters. The molecule has 43 heavy (non-hydrogen) atoms. The minimum Gasteiger partial charge on any atom is -0.598 e. The zero-order valence-electron chi connectivity index (χ0n) is 26.2. The van der Waals surface area contributed by atoms with Gasteiger partial charge in [-0.15, -0.1) is 16.1 Å². The standard InChI is InChI=1S/C32H42ClFN4O2S2Si/c1-9-43(10-2,11-3)40-32(7,8)21-15-16-36-24(18-21)22-14-12-13-20-17-25(41-29(20)22)28(38-42(39)31(4,5)6)26-23(33)19-37-30(35)27(26)34/h12-19,28,38H,9-11H2,1-8H3,(H2,35,37)/t28-,42?/m0/s1. The Morgan fingerprint density at radius 3 is 2.40 bits per heavy atom. The minimum absolute atomic E-state index is 0.107. The highest BCUT2D eigenvalue weighted by molar-refractivity contribution is 7.90. The second-order valence-corrected chi connectivity index (χ2v) is 20.5. The van der Waals surface area contributed by atoms with Crippen LogP contribution in [0, 0.1) is 5.82 Å². The van der Waals surface area contributed by atoms with Gasteiger partial charge in [0.05, 0.1) is 16.3 Å². The van der Waals surface area contributed by atoms with Crippen molar-refractivity contribution in [2.24, 2.45) is 0 Å². The molecule has 0 amide bonds. The lowest BCUT2D eigenvalue weighted by Gasteiger charge is -2.38. The van der Waals surface area contributed by atoms with Crippen LogP contribution in [0.15, 0.2) is 48.8 Å². The lowest BCUT2D eigenvalue weighted by molar-refractivity contribution is 0.0940. The predicted octanol–water partition coefficient (Wildman–Crippen LogP) is 9.13. The Morgan fingerprint density at radius 2 is 1.77 bits per heavy atom. The molecule has 3 heterocycles. The third-order valence-corrected chi connectivity index (χ3v) is 16.0. The van der Waals surface area contributed by atoms with Crippen molar-refractivity contribution in [2.45, 2.75) is 89.9 Å². The fourth-order valence-corrected chi connectivity index (χ4v) is 10.8. The monoisotopic (exact) mass is 660 g/mol. The lowest BCUT2D eigenvalue weighted by Crippen LogP contribution is -2.43. The summed E-state index contributed by atoms with van der Waals surface area (Å²) < 4.78 is 39.2. The van der Waals surface area contributed by atoms with Gasteiger partial charge in [0.25, 0.3) is 0 Å². The van der Waals surface area contributed by atoms with E-state index in [9.17, 15) is 4.55 Å². The van der Waals surface area contributed by atoms with E-state index in [1.54, 1.807) is 0 Å². The molecule has 2 atom stereocenters. The number of nitrogens with one attached hydrogen (secondary N) is 1. The van der Waals surface area contributed by atoms with Crippen LogP contribution in [-0.4, -0.2) is 27.6 Å². The number of rotatable bonds is 11. The van der Waals surface area contributed by atoms with Gasteiger partial charge in [0.1, 0.15) is 10.8 Å². The normalized spacial score (nSPS) is 14.3. The second kappa shape index (κ2) is 13.1. The molecule has 0 spiro atoms. The van der Waals surface area contributed by atoms with Crippen LogP contribution in [0.25, 0.3) is 21.3 Å². The molecule has 4 aromatic rings. The van der Waals surface area contributed by atoms with Crippen molar-refractivity contribution in [1.82, 2.24) is 14.7 Å². The SMILES string of the molecule is CC[Si](CC)(CC)OC(C)(C)c1ccnc(-c2cccc3cc([C@H](N[S+]([O-])C(C)(C)C)c4c(Cl)cnc(N)c4F)sc23)c1. The summed E-state index contributed by atoms with van der Waals surface area (Å²) in [6.45, 7) is 16.6. The van der Waals surface area contributed by atoms with Crippen LogP contribution in [0.4, 0.5) is 10.2 Å². The van der Waals surface area contributed by atoms with Crippen LogP contribution in [-0.2, 0) is 21.4 Å². The van der Waals surface area contributed by atoms with Crippen LogP contribution < -0.4 is 10.5 Å².